The quantitative estimate of drug-likeness (QED) is 0.537. The summed E-state index contributed by atoms with van der Waals surface area (Å²) in [6.07, 6.45) is -2.83. The maximum absolute atomic E-state index is 11.6. The van der Waals surface area contributed by atoms with Gasteiger partial charge in [0, 0.05) is 5.41 Å². The van der Waals surface area contributed by atoms with E-state index in [-0.39, 0.29) is 0 Å². The monoisotopic (exact) mass is 136 g/mol. The summed E-state index contributed by atoms with van der Waals surface area (Å²) in [6.45, 7) is 4.42. The summed E-state index contributed by atoms with van der Waals surface area (Å²) in [5, 5.41) is 0. The molecule has 1 nitrogen and oxygen atoms in total. The van der Waals surface area contributed by atoms with Gasteiger partial charge in [0.1, 0.15) is 0 Å². The van der Waals surface area contributed by atoms with Gasteiger partial charge in [0.15, 0.2) is 0 Å². The molecule has 0 heterocycles. The van der Waals surface area contributed by atoms with Crippen molar-refractivity contribution in [2.24, 2.45) is 5.41 Å². The summed E-state index contributed by atoms with van der Waals surface area (Å²) in [4.78, 5) is 10.4. The molecule has 54 valence electrons. The van der Waals surface area contributed by atoms with Crippen LogP contribution in [0.25, 0.3) is 0 Å². The van der Waals surface area contributed by atoms with Gasteiger partial charge >= 0.3 is 0 Å². The van der Waals surface area contributed by atoms with Gasteiger partial charge in [-0.3, -0.25) is 4.79 Å². The highest BCUT2D eigenvalue weighted by Gasteiger charge is 2.28. The summed E-state index contributed by atoms with van der Waals surface area (Å²) >= 11 is 0. The van der Waals surface area contributed by atoms with Crippen molar-refractivity contribution in [3.05, 3.63) is 0 Å². The molecule has 0 aromatic rings. The average molecular weight is 136 g/mol. The van der Waals surface area contributed by atoms with E-state index in [0.29, 0.717) is 0 Å². The summed E-state index contributed by atoms with van der Waals surface area (Å²) in [5.41, 5.74) is -0.909. The molecule has 0 radical (unpaired) electrons. The van der Waals surface area contributed by atoms with Gasteiger partial charge in [-0.05, 0) is 0 Å². The molecule has 9 heavy (non-hydrogen) atoms. The number of Topliss-reactive ketones (excluding diaryl/α,β-unsaturated/α-hetero) is 1. The molecule has 0 amide bonds. The maximum Gasteiger partial charge on any atom is 0.296 e. The van der Waals surface area contributed by atoms with E-state index >= 15 is 0 Å². The Morgan fingerprint density at radius 2 is 1.67 bits per heavy atom. The first kappa shape index (κ1) is 8.53. The summed E-state index contributed by atoms with van der Waals surface area (Å²) < 4.78 is 23.1. The lowest BCUT2D eigenvalue weighted by atomic mass is 9.91. The van der Waals surface area contributed by atoms with Crippen molar-refractivity contribution in [2.75, 3.05) is 0 Å². The van der Waals surface area contributed by atoms with Crippen LogP contribution in [-0.2, 0) is 4.79 Å². The second-order valence-corrected chi connectivity index (χ2v) is 2.91. The average Bonchev–Trinajstić information content (AvgIpc) is 1.62. The molecule has 0 aromatic heterocycles. The summed E-state index contributed by atoms with van der Waals surface area (Å²) in [7, 11) is 0. The normalized spacial score (nSPS) is 12.2. The molecule has 0 saturated heterocycles. The lowest BCUT2D eigenvalue weighted by Crippen LogP contribution is -2.26. The Hall–Kier alpha value is -0.470. The van der Waals surface area contributed by atoms with E-state index < -0.39 is 17.6 Å². The minimum absolute atomic E-state index is 0.909. The SMILES string of the molecule is CC(C)(C)C(=O)C(F)F. The number of carbonyl (C=O) groups is 1. The number of hydrogen-bond donors (Lipinski definition) is 0. The number of alkyl halides is 2. The van der Waals surface area contributed by atoms with Crippen molar-refractivity contribution in [1.29, 1.82) is 0 Å². The third-order valence-electron chi connectivity index (χ3n) is 0.937. The first-order valence-corrected chi connectivity index (χ1v) is 2.68. The number of carbonyl (C=O) groups excluding carboxylic acids is 1. The van der Waals surface area contributed by atoms with Crippen LogP contribution in [0.3, 0.4) is 0 Å². The molecular weight excluding hydrogens is 126 g/mol. The number of rotatable bonds is 1. The highest BCUT2D eigenvalue weighted by Crippen LogP contribution is 2.18. The molecule has 0 fully saturated rings. The van der Waals surface area contributed by atoms with Crippen LogP contribution >= 0.6 is 0 Å². The van der Waals surface area contributed by atoms with Crippen LogP contribution in [0.4, 0.5) is 8.78 Å². The Bertz CT molecular complexity index is 113. The van der Waals surface area contributed by atoms with Crippen molar-refractivity contribution < 1.29 is 13.6 Å². The molecule has 0 rings (SSSR count). The molecule has 0 aliphatic heterocycles. The van der Waals surface area contributed by atoms with Crippen LogP contribution in [0.2, 0.25) is 0 Å². The molecule has 0 saturated carbocycles. The third-order valence-corrected chi connectivity index (χ3v) is 0.937. The fraction of sp³-hybridized carbons (Fsp3) is 0.833. The predicted octanol–water partition coefficient (Wildman–Crippen LogP) is 1.87. The smallest absolute Gasteiger partial charge is 0.293 e. The Morgan fingerprint density at radius 1 is 1.33 bits per heavy atom. The van der Waals surface area contributed by atoms with Crippen LogP contribution < -0.4 is 0 Å². The van der Waals surface area contributed by atoms with Crippen molar-refractivity contribution in [1.82, 2.24) is 0 Å². The molecule has 3 heteroatoms. The summed E-state index contributed by atoms with van der Waals surface area (Å²) in [5.74, 6) is -0.998. The number of ketones is 1. The van der Waals surface area contributed by atoms with Crippen LogP contribution in [0, 0.1) is 5.41 Å². The lowest BCUT2D eigenvalue weighted by Gasteiger charge is -2.14. The fourth-order valence-corrected chi connectivity index (χ4v) is 0.327. The van der Waals surface area contributed by atoms with E-state index in [9.17, 15) is 13.6 Å². The molecule has 0 spiro atoms. The van der Waals surface area contributed by atoms with E-state index in [1.165, 1.54) is 20.8 Å². The molecule has 0 aromatic carbocycles. The zero-order chi connectivity index (χ0) is 7.65. The minimum atomic E-state index is -2.83. The van der Waals surface area contributed by atoms with Crippen molar-refractivity contribution in [3.8, 4) is 0 Å². The maximum atomic E-state index is 11.6. The zero-order valence-electron chi connectivity index (χ0n) is 5.74. The fourth-order valence-electron chi connectivity index (χ4n) is 0.327. The largest absolute Gasteiger partial charge is 0.296 e. The molecular formula is C6H10F2O. The van der Waals surface area contributed by atoms with Gasteiger partial charge < -0.3 is 0 Å². The van der Waals surface area contributed by atoms with Gasteiger partial charge in [-0.15, -0.1) is 0 Å². The molecule has 0 N–H and O–H groups in total. The van der Waals surface area contributed by atoms with Gasteiger partial charge in [-0.25, -0.2) is 8.78 Å². The van der Waals surface area contributed by atoms with Crippen LogP contribution in [0.5, 0.6) is 0 Å². The Kier molecular flexibility index (Phi) is 2.29. The highest BCUT2D eigenvalue weighted by molar-refractivity contribution is 5.86. The van der Waals surface area contributed by atoms with Crippen molar-refractivity contribution in [2.45, 2.75) is 27.2 Å². The van der Waals surface area contributed by atoms with E-state index in [1.807, 2.05) is 0 Å². The minimum Gasteiger partial charge on any atom is -0.293 e. The van der Waals surface area contributed by atoms with Crippen molar-refractivity contribution >= 4 is 5.78 Å². The summed E-state index contributed by atoms with van der Waals surface area (Å²) in [6, 6.07) is 0. The third kappa shape index (κ3) is 2.54. The van der Waals surface area contributed by atoms with Crippen LogP contribution in [0.15, 0.2) is 0 Å². The lowest BCUT2D eigenvalue weighted by molar-refractivity contribution is -0.137. The van der Waals surface area contributed by atoms with Gasteiger partial charge in [-0.2, -0.15) is 0 Å². The van der Waals surface area contributed by atoms with Gasteiger partial charge in [-0.1, -0.05) is 20.8 Å². The molecule has 0 unspecified atom stereocenters. The van der Waals surface area contributed by atoms with E-state index in [0.717, 1.165) is 0 Å². The molecule has 0 aliphatic carbocycles. The second-order valence-electron chi connectivity index (χ2n) is 2.91. The van der Waals surface area contributed by atoms with Gasteiger partial charge in [0.2, 0.25) is 5.78 Å². The zero-order valence-corrected chi connectivity index (χ0v) is 5.74. The van der Waals surface area contributed by atoms with Gasteiger partial charge in [0.25, 0.3) is 6.43 Å². The second kappa shape index (κ2) is 2.42. The standard InChI is InChI=1S/C6H10F2O/c1-6(2,3)4(9)5(7)8/h5H,1-3H3. The Morgan fingerprint density at radius 3 is 1.67 bits per heavy atom. The highest BCUT2D eigenvalue weighted by atomic mass is 19.3. The predicted molar refractivity (Wildman–Crippen MR) is 30.5 cm³/mol. The number of halogens is 2. The first-order valence-electron chi connectivity index (χ1n) is 2.68. The molecule has 0 aliphatic rings. The van der Waals surface area contributed by atoms with Crippen molar-refractivity contribution in [3.63, 3.8) is 0 Å². The van der Waals surface area contributed by atoms with Crippen LogP contribution in [-0.4, -0.2) is 12.2 Å². The van der Waals surface area contributed by atoms with E-state index in [4.69, 9.17) is 0 Å². The van der Waals surface area contributed by atoms with E-state index in [2.05, 4.69) is 0 Å². The Labute approximate surface area is 53.1 Å². The topological polar surface area (TPSA) is 17.1 Å². The molecule has 0 atom stereocenters. The van der Waals surface area contributed by atoms with E-state index in [1.54, 1.807) is 0 Å². The number of hydrogen-bond acceptors (Lipinski definition) is 1. The first-order chi connectivity index (χ1) is 3.85. The Balaban J connectivity index is 4.06. The van der Waals surface area contributed by atoms with Crippen LogP contribution in [0.1, 0.15) is 20.8 Å². The molecule has 0 bridgehead atoms. The van der Waals surface area contributed by atoms with Gasteiger partial charge in [0.05, 0.1) is 0 Å².